The zero-order valence-corrected chi connectivity index (χ0v) is 25.0. The second-order valence-electron chi connectivity index (χ2n) is 10.6. The Balaban J connectivity index is 1.56. The molecule has 1 N–H and O–H groups in total. The van der Waals surface area contributed by atoms with Crippen LogP contribution in [0.2, 0.25) is 5.02 Å². The van der Waals surface area contributed by atoms with Crippen molar-refractivity contribution < 1.29 is 18.0 Å². The minimum absolute atomic E-state index is 0.0847. The molecule has 0 aromatic heterocycles. The van der Waals surface area contributed by atoms with Crippen LogP contribution >= 0.6 is 11.6 Å². The van der Waals surface area contributed by atoms with Gasteiger partial charge in [0.1, 0.15) is 6.04 Å². The van der Waals surface area contributed by atoms with Gasteiger partial charge in [-0.2, -0.15) is 0 Å². The molecule has 2 amide bonds. The number of anilines is 1. The second-order valence-corrected chi connectivity index (χ2v) is 13.0. The summed E-state index contributed by atoms with van der Waals surface area (Å²) in [4.78, 5) is 29.3. The Morgan fingerprint density at radius 1 is 0.927 bits per heavy atom. The van der Waals surface area contributed by atoms with Crippen LogP contribution in [0, 0.1) is 0 Å². The van der Waals surface area contributed by atoms with Gasteiger partial charge in [-0.15, -0.1) is 0 Å². The molecule has 1 fully saturated rings. The summed E-state index contributed by atoms with van der Waals surface area (Å²) in [6.07, 6.45) is 5.96. The molecule has 7 nitrogen and oxygen atoms in total. The number of halogens is 1. The smallest absolute Gasteiger partial charge is 0.243 e. The largest absolute Gasteiger partial charge is 0.352 e. The molecule has 4 rings (SSSR count). The van der Waals surface area contributed by atoms with Crippen LogP contribution in [0.1, 0.15) is 49.7 Å². The maximum atomic E-state index is 13.9. The fourth-order valence-corrected chi connectivity index (χ4v) is 6.48. The number of carbonyl (C=O) groups excluding carboxylic acids is 2. The van der Waals surface area contributed by atoms with Gasteiger partial charge in [0.25, 0.3) is 0 Å². The van der Waals surface area contributed by atoms with E-state index in [1.54, 1.807) is 29.2 Å². The molecule has 0 aliphatic heterocycles. The normalized spacial score (nSPS) is 14.4. The van der Waals surface area contributed by atoms with Crippen molar-refractivity contribution >= 4 is 39.1 Å². The predicted octanol–water partition coefficient (Wildman–Crippen LogP) is 5.59. The predicted molar refractivity (Wildman–Crippen MR) is 164 cm³/mol. The molecular formula is C32H38ClN3O4S. The molecule has 1 aliphatic carbocycles. The first-order valence-electron chi connectivity index (χ1n) is 14.1. The third-order valence-corrected chi connectivity index (χ3v) is 8.85. The summed E-state index contributed by atoms with van der Waals surface area (Å²) in [5.74, 6) is -0.349. The highest BCUT2D eigenvalue weighted by Gasteiger charge is 2.32. The van der Waals surface area contributed by atoms with Gasteiger partial charge in [0.2, 0.25) is 21.8 Å². The van der Waals surface area contributed by atoms with Crippen LogP contribution < -0.4 is 9.62 Å². The van der Waals surface area contributed by atoms with Gasteiger partial charge < -0.3 is 10.2 Å². The number of amides is 2. The fourth-order valence-electron chi connectivity index (χ4n) is 5.34. The quantitative estimate of drug-likeness (QED) is 0.279. The van der Waals surface area contributed by atoms with Crippen LogP contribution in [-0.2, 0) is 32.6 Å². The van der Waals surface area contributed by atoms with E-state index in [1.807, 2.05) is 60.7 Å². The summed E-state index contributed by atoms with van der Waals surface area (Å²) in [5.41, 5.74) is 2.34. The molecule has 3 aromatic carbocycles. The average Bonchev–Trinajstić information content (AvgIpc) is 3.46. The van der Waals surface area contributed by atoms with Crippen molar-refractivity contribution in [1.29, 1.82) is 0 Å². The van der Waals surface area contributed by atoms with E-state index in [4.69, 9.17) is 11.6 Å². The zero-order chi connectivity index (χ0) is 29.2. The lowest BCUT2D eigenvalue weighted by Gasteiger charge is -2.33. The second kappa shape index (κ2) is 14.5. The fraction of sp³-hybridized carbons (Fsp3) is 0.375. The number of hydrogen-bond donors (Lipinski definition) is 1. The molecule has 0 saturated heterocycles. The summed E-state index contributed by atoms with van der Waals surface area (Å²) >= 11 is 6.11. The highest BCUT2D eigenvalue weighted by Crippen LogP contribution is 2.24. The minimum atomic E-state index is -3.60. The van der Waals surface area contributed by atoms with E-state index < -0.39 is 16.1 Å². The van der Waals surface area contributed by atoms with Gasteiger partial charge >= 0.3 is 0 Å². The highest BCUT2D eigenvalue weighted by molar-refractivity contribution is 7.92. The molecule has 1 aliphatic rings. The monoisotopic (exact) mass is 595 g/mol. The van der Waals surface area contributed by atoms with E-state index >= 15 is 0 Å². The van der Waals surface area contributed by atoms with Gasteiger partial charge in [0, 0.05) is 37.0 Å². The summed E-state index contributed by atoms with van der Waals surface area (Å²) < 4.78 is 26.5. The summed E-state index contributed by atoms with van der Waals surface area (Å²) in [7, 11) is -3.60. The first-order valence-corrected chi connectivity index (χ1v) is 16.3. The molecule has 0 heterocycles. The van der Waals surface area contributed by atoms with Crippen molar-refractivity contribution in [2.75, 3.05) is 17.1 Å². The van der Waals surface area contributed by atoms with E-state index in [0.29, 0.717) is 17.1 Å². The number of hydrogen-bond acceptors (Lipinski definition) is 4. The van der Waals surface area contributed by atoms with Gasteiger partial charge in [-0.3, -0.25) is 13.9 Å². The van der Waals surface area contributed by atoms with Gasteiger partial charge in [0.15, 0.2) is 0 Å². The number of benzene rings is 3. The van der Waals surface area contributed by atoms with Crippen molar-refractivity contribution in [3.63, 3.8) is 0 Å². The minimum Gasteiger partial charge on any atom is -0.352 e. The lowest BCUT2D eigenvalue weighted by atomic mass is 10.0. The first-order chi connectivity index (χ1) is 19.7. The molecule has 218 valence electrons. The molecule has 1 atom stereocenters. The number of sulfonamides is 1. The van der Waals surface area contributed by atoms with Gasteiger partial charge in [0.05, 0.1) is 11.9 Å². The Morgan fingerprint density at radius 3 is 2.17 bits per heavy atom. The standard InChI is InChI=1S/C32H38ClN3O4S/c1-41(39,40)36(29-19-10-16-27(33)23-29)21-11-20-31(37)35(24-26-14-6-3-7-15-26)30(22-25-12-4-2-5-13-25)32(38)34-28-17-8-9-18-28/h2-7,10,12-16,19,23,28,30H,8-9,11,17-18,20-22,24H2,1H3,(H,34,38). The molecular weight excluding hydrogens is 558 g/mol. The maximum absolute atomic E-state index is 13.9. The summed E-state index contributed by atoms with van der Waals surface area (Å²) in [6.45, 7) is 0.390. The van der Waals surface area contributed by atoms with Crippen LogP contribution in [0.5, 0.6) is 0 Å². The molecule has 0 bridgehead atoms. The van der Waals surface area contributed by atoms with E-state index in [0.717, 1.165) is 43.1 Å². The molecule has 0 radical (unpaired) electrons. The van der Waals surface area contributed by atoms with Gasteiger partial charge in [-0.05, 0) is 48.6 Å². The number of nitrogens with one attached hydrogen (secondary N) is 1. The number of rotatable bonds is 13. The molecule has 0 spiro atoms. The van der Waals surface area contributed by atoms with Crippen molar-refractivity contribution in [1.82, 2.24) is 10.2 Å². The lowest BCUT2D eigenvalue weighted by Crippen LogP contribution is -2.52. The molecule has 3 aromatic rings. The molecule has 1 unspecified atom stereocenters. The van der Waals surface area contributed by atoms with E-state index in [1.165, 1.54) is 4.31 Å². The summed E-state index contributed by atoms with van der Waals surface area (Å²) in [6, 6.07) is 25.4. The van der Waals surface area contributed by atoms with Crippen LogP contribution in [0.4, 0.5) is 5.69 Å². The number of nitrogens with zero attached hydrogens (tertiary/aromatic N) is 2. The Labute approximate surface area is 248 Å². The summed E-state index contributed by atoms with van der Waals surface area (Å²) in [5, 5.41) is 3.64. The van der Waals surface area contributed by atoms with Crippen molar-refractivity contribution in [3.05, 3.63) is 101 Å². The molecule has 9 heteroatoms. The molecule has 1 saturated carbocycles. The average molecular weight is 596 g/mol. The molecule has 41 heavy (non-hydrogen) atoms. The van der Waals surface area contributed by atoms with Gasteiger partial charge in [-0.25, -0.2) is 8.42 Å². The maximum Gasteiger partial charge on any atom is 0.243 e. The highest BCUT2D eigenvalue weighted by atomic mass is 35.5. The first kappa shape index (κ1) is 30.6. The Kier molecular flexibility index (Phi) is 10.8. The third-order valence-electron chi connectivity index (χ3n) is 7.42. The zero-order valence-electron chi connectivity index (χ0n) is 23.4. The van der Waals surface area contributed by atoms with Crippen molar-refractivity contribution in [2.45, 2.75) is 63.6 Å². The topological polar surface area (TPSA) is 86.8 Å². The van der Waals surface area contributed by atoms with E-state index in [2.05, 4.69) is 5.32 Å². The van der Waals surface area contributed by atoms with Crippen LogP contribution in [0.15, 0.2) is 84.9 Å². The Bertz CT molecular complexity index is 1400. The van der Waals surface area contributed by atoms with E-state index in [9.17, 15) is 18.0 Å². The third kappa shape index (κ3) is 9.07. The van der Waals surface area contributed by atoms with Crippen LogP contribution in [0.3, 0.4) is 0 Å². The van der Waals surface area contributed by atoms with Crippen LogP contribution in [-0.4, -0.2) is 50.0 Å². The number of carbonyl (C=O) groups is 2. The van der Waals surface area contributed by atoms with Crippen molar-refractivity contribution in [3.8, 4) is 0 Å². The lowest BCUT2D eigenvalue weighted by molar-refractivity contribution is -0.141. The van der Waals surface area contributed by atoms with Crippen molar-refractivity contribution in [2.24, 2.45) is 0 Å². The Hall–Kier alpha value is -3.36. The van der Waals surface area contributed by atoms with E-state index in [-0.39, 0.29) is 43.8 Å². The van der Waals surface area contributed by atoms with Gasteiger partial charge in [-0.1, -0.05) is 91.2 Å². The van der Waals surface area contributed by atoms with Crippen LogP contribution in [0.25, 0.3) is 0 Å². The SMILES string of the molecule is CS(=O)(=O)N(CCCC(=O)N(Cc1ccccc1)C(Cc1ccccc1)C(=O)NC1CCCC1)c1cccc(Cl)c1. The Morgan fingerprint density at radius 2 is 1.56 bits per heavy atom.